The van der Waals surface area contributed by atoms with Crippen LogP contribution < -0.4 is 10.0 Å². The maximum absolute atomic E-state index is 12.2. The number of nitrogens with one attached hydrogen (secondary N) is 3. The van der Waals surface area contributed by atoms with Crippen molar-refractivity contribution in [2.75, 3.05) is 0 Å². The average molecular weight is 378 g/mol. The Morgan fingerprint density at radius 2 is 2.19 bits per heavy atom. The molecule has 0 saturated heterocycles. The standard InChI is InChI=1S/C11H16BrN5O3S/c1-7(2)13-4-8-3-9(11(12)20-8)21(18,19)16-5-10-14-6-15-17-10/h3,6-7,13,16H,4-5H2,1-2H3,(H,14,15,17). The Morgan fingerprint density at radius 1 is 1.43 bits per heavy atom. The molecule has 116 valence electrons. The Bertz CT molecular complexity index is 681. The van der Waals surface area contributed by atoms with Gasteiger partial charge >= 0.3 is 0 Å². The Kier molecular flexibility index (Phi) is 5.14. The van der Waals surface area contributed by atoms with Gasteiger partial charge in [0.1, 0.15) is 22.8 Å². The highest BCUT2D eigenvalue weighted by Crippen LogP contribution is 2.26. The van der Waals surface area contributed by atoms with Crippen LogP contribution in [0.3, 0.4) is 0 Å². The number of hydrogen-bond acceptors (Lipinski definition) is 6. The molecule has 2 heterocycles. The largest absolute Gasteiger partial charge is 0.452 e. The second-order valence-electron chi connectivity index (χ2n) is 4.64. The highest BCUT2D eigenvalue weighted by atomic mass is 79.9. The highest BCUT2D eigenvalue weighted by molar-refractivity contribution is 9.10. The van der Waals surface area contributed by atoms with Gasteiger partial charge in [-0.05, 0) is 15.9 Å². The summed E-state index contributed by atoms with van der Waals surface area (Å²) >= 11 is 3.13. The molecule has 10 heteroatoms. The molecule has 3 N–H and O–H groups in total. The van der Waals surface area contributed by atoms with Gasteiger partial charge in [0, 0.05) is 12.1 Å². The molecule has 0 aliphatic heterocycles. The van der Waals surface area contributed by atoms with Gasteiger partial charge in [-0.3, -0.25) is 5.10 Å². The van der Waals surface area contributed by atoms with E-state index in [9.17, 15) is 8.42 Å². The molecule has 0 radical (unpaired) electrons. The first-order valence-corrected chi connectivity index (χ1v) is 8.51. The van der Waals surface area contributed by atoms with E-state index in [1.165, 1.54) is 12.4 Å². The van der Waals surface area contributed by atoms with Crippen LogP contribution in [0.4, 0.5) is 0 Å². The van der Waals surface area contributed by atoms with Gasteiger partial charge in [-0.2, -0.15) is 5.10 Å². The molecule has 0 saturated carbocycles. The van der Waals surface area contributed by atoms with Crippen molar-refractivity contribution in [2.24, 2.45) is 0 Å². The van der Waals surface area contributed by atoms with Gasteiger partial charge in [0.25, 0.3) is 0 Å². The molecule has 0 unspecified atom stereocenters. The van der Waals surface area contributed by atoms with Crippen molar-refractivity contribution in [3.63, 3.8) is 0 Å². The number of sulfonamides is 1. The predicted molar refractivity (Wildman–Crippen MR) is 78.8 cm³/mol. The van der Waals surface area contributed by atoms with Gasteiger partial charge < -0.3 is 9.73 Å². The van der Waals surface area contributed by atoms with Crippen LogP contribution in [-0.4, -0.2) is 29.6 Å². The summed E-state index contributed by atoms with van der Waals surface area (Å²) in [5.74, 6) is 0.968. The van der Waals surface area contributed by atoms with Gasteiger partial charge in [-0.15, -0.1) is 0 Å². The number of rotatable bonds is 7. The SMILES string of the molecule is CC(C)NCc1cc(S(=O)(=O)NCc2ncn[nH]2)c(Br)o1. The fourth-order valence-corrected chi connectivity index (χ4v) is 3.51. The number of aromatic nitrogens is 3. The first kappa shape index (κ1) is 16.1. The third kappa shape index (κ3) is 4.37. The van der Waals surface area contributed by atoms with Crippen LogP contribution in [0.5, 0.6) is 0 Å². The van der Waals surface area contributed by atoms with E-state index in [1.54, 1.807) is 0 Å². The topological polar surface area (TPSA) is 113 Å². The Hall–Kier alpha value is -1.23. The Labute approximate surface area is 130 Å². The van der Waals surface area contributed by atoms with E-state index in [-0.39, 0.29) is 22.2 Å². The summed E-state index contributed by atoms with van der Waals surface area (Å²) < 4.78 is 32.4. The lowest BCUT2D eigenvalue weighted by Crippen LogP contribution is -2.24. The summed E-state index contributed by atoms with van der Waals surface area (Å²) in [4.78, 5) is 3.91. The predicted octanol–water partition coefficient (Wildman–Crippen LogP) is 1.14. The average Bonchev–Trinajstić information content (AvgIpc) is 3.03. The van der Waals surface area contributed by atoms with Crippen LogP contribution in [-0.2, 0) is 23.1 Å². The van der Waals surface area contributed by atoms with E-state index in [1.807, 2.05) is 13.8 Å². The number of furan rings is 1. The van der Waals surface area contributed by atoms with Gasteiger partial charge in [0.15, 0.2) is 4.67 Å². The molecule has 0 aromatic carbocycles. The molecule has 0 atom stereocenters. The van der Waals surface area contributed by atoms with E-state index in [0.717, 1.165) is 0 Å². The zero-order chi connectivity index (χ0) is 15.5. The number of hydrogen-bond donors (Lipinski definition) is 3. The van der Waals surface area contributed by atoms with Crippen molar-refractivity contribution >= 4 is 26.0 Å². The number of H-pyrrole nitrogens is 1. The lowest BCUT2D eigenvalue weighted by molar-refractivity contribution is 0.447. The maximum Gasteiger partial charge on any atom is 0.245 e. The van der Waals surface area contributed by atoms with Gasteiger partial charge in [-0.25, -0.2) is 18.1 Å². The minimum Gasteiger partial charge on any atom is -0.452 e. The van der Waals surface area contributed by atoms with Crippen molar-refractivity contribution in [3.8, 4) is 0 Å². The van der Waals surface area contributed by atoms with Crippen LogP contribution in [0.1, 0.15) is 25.4 Å². The second kappa shape index (κ2) is 6.69. The number of aromatic amines is 1. The number of halogens is 1. The van der Waals surface area contributed by atoms with E-state index in [2.05, 4.69) is 41.2 Å². The van der Waals surface area contributed by atoms with Gasteiger partial charge in [0.2, 0.25) is 10.0 Å². The lowest BCUT2D eigenvalue weighted by atomic mass is 10.3. The Balaban J connectivity index is 2.08. The molecule has 0 fully saturated rings. The lowest BCUT2D eigenvalue weighted by Gasteiger charge is -2.04. The summed E-state index contributed by atoms with van der Waals surface area (Å²) in [5, 5.41) is 9.39. The minimum atomic E-state index is -3.69. The number of nitrogens with zero attached hydrogens (tertiary/aromatic N) is 2. The first-order valence-electron chi connectivity index (χ1n) is 6.24. The van der Waals surface area contributed by atoms with Crippen LogP contribution in [0.2, 0.25) is 0 Å². The third-order valence-electron chi connectivity index (χ3n) is 2.58. The third-order valence-corrected chi connectivity index (χ3v) is 4.83. The molecule has 2 aromatic rings. The summed E-state index contributed by atoms with van der Waals surface area (Å²) in [6.07, 6.45) is 1.31. The molecule has 2 rings (SSSR count). The van der Waals surface area contributed by atoms with E-state index >= 15 is 0 Å². The zero-order valence-corrected chi connectivity index (χ0v) is 14.0. The van der Waals surface area contributed by atoms with Gasteiger partial charge in [-0.1, -0.05) is 13.8 Å². The molecule has 0 aliphatic rings. The zero-order valence-electron chi connectivity index (χ0n) is 11.6. The smallest absolute Gasteiger partial charge is 0.245 e. The van der Waals surface area contributed by atoms with Crippen LogP contribution in [0, 0.1) is 0 Å². The monoisotopic (exact) mass is 377 g/mol. The van der Waals surface area contributed by atoms with E-state index in [0.29, 0.717) is 18.1 Å². The van der Waals surface area contributed by atoms with E-state index in [4.69, 9.17) is 4.42 Å². The molecule has 21 heavy (non-hydrogen) atoms. The van der Waals surface area contributed by atoms with Crippen molar-refractivity contribution < 1.29 is 12.8 Å². The Morgan fingerprint density at radius 3 is 2.81 bits per heavy atom. The first-order chi connectivity index (χ1) is 9.88. The van der Waals surface area contributed by atoms with Crippen LogP contribution in [0.25, 0.3) is 0 Å². The van der Waals surface area contributed by atoms with Crippen LogP contribution >= 0.6 is 15.9 Å². The molecule has 0 amide bonds. The molecule has 0 aliphatic carbocycles. The molecular formula is C11H16BrN5O3S. The van der Waals surface area contributed by atoms with Gasteiger partial charge in [0.05, 0.1) is 13.1 Å². The van der Waals surface area contributed by atoms with E-state index < -0.39 is 10.0 Å². The molecule has 0 bridgehead atoms. The summed E-state index contributed by atoms with van der Waals surface area (Å²) in [5.41, 5.74) is 0. The van der Waals surface area contributed by atoms with Crippen molar-refractivity contribution in [3.05, 3.63) is 28.6 Å². The molecule has 2 aromatic heterocycles. The molecule has 0 spiro atoms. The molecule has 8 nitrogen and oxygen atoms in total. The fourth-order valence-electron chi connectivity index (χ4n) is 1.53. The quantitative estimate of drug-likeness (QED) is 0.666. The maximum atomic E-state index is 12.2. The highest BCUT2D eigenvalue weighted by Gasteiger charge is 2.22. The van der Waals surface area contributed by atoms with Crippen LogP contribution in [0.15, 0.2) is 26.4 Å². The summed E-state index contributed by atoms with van der Waals surface area (Å²) in [6, 6.07) is 1.76. The minimum absolute atomic E-state index is 0.0273. The summed E-state index contributed by atoms with van der Waals surface area (Å²) in [7, 11) is -3.69. The normalized spacial score (nSPS) is 12.2. The second-order valence-corrected chi connectivity index (χ2v) is 7.10. The van der Waals surface area contributed by atoms with Crippen molar-refractivity contribution in [2.45, 2.75) is 37.9 Å². The fraction of sp³-hybridized carbons (Fsp3) is 0.455. The summed E-state index contributed by atoms with van der Waals surface area (Å²) in [6.45, 7) is 4.47. The van der Waals surface area contributed by atoms with Crippen molar-refractivity contribution in [1.82, 2.24) is 25.2 Å². The van der Waals surface area contributed by atoms with Crippen molar-refractivity contribution in [1.29, 1.82) is 0 Å². The molecular weight excluding hydrogens is 362 g/mol.